The molecule has 4 rings (SSSR count). The van der Waals surface area contributed by atoms with Gasteiger partial charge in [0, 0.05) is 51.4 Å². The van der Waals surface area contributed by atoms with Crippen LogP contribution in [-0.4, -0.2) is 43.2 Å². The Morgan fingerprint density at radius 1 is 1.19 bits per heavy atom. The molecular formula is C20H25N5O. The second-order valence-corrected chi connectivity index (χ2v) is 7.05. The summed E-state index contributed by atoms with van der Waals surface area (Å²) in [6.45, 7) is 2.46. The first-order valence-electron chi connectivity index (χ1n) is 9.39. The van der Waals surface area contributed by atoms with Crippen molar-refractivity contribution >= 4 is 16.9 Å². The minimum absolute atomic E-state index is 0.264. The fourth-order valence-corrected chi connectivity index (χ4v) is 3.90. The van der Waals surface area contributed by atoms with Crippen molar-refractivity contribution in [3.63, 3.8) is 0 Å². The van der Waals surface area contributed by atoms with E-state index in [0.717, 1.165) is 50.2 Å². The molecule has 0 radical (unpaired) electrons. The van der Waals surface area contributed by atoms with E-state index >= 15 is 0 Å². The summed E-state index contributed by atoms with van der Waals surface area (Å²) in [5, 5.41) is 4.18. The van der Waals surface area contributed by atoms with Crippen molar-refractivity contribution in [3.05, 3.63) is 48.5 Å². The third kappa shape index (κ3) is 3.36. The highest BCUT2D eigenvalue weighted by atomic mass is 16.2. The summed E-state index contributed by atoms with van der Waals surface area (Å²) in [7, 11) is 2.09. The number of carbonyl (C=O) groups is 1. The SMILES string of the molecule is Cn1c(C2CCN(C(=O)CCCn3cccn3)CC2)nc2ccccc21. The molecule has 0 aliphatic carbocycles. The first kappa shape index (κ1) is 16.8. The summed E-state index contributed by atoms with van der Waals surface area (Å²) in [5.74, 6) is 1.85. The van der Waals surface area contributed by atoms with Crippen LogP contribution in [0.5, 0.6) is 0 Å². The van der Waals surface area contributed by atoms with Crippen LogP contribution in [0.15, 0.2) is 42.7 Å². The van der Waals surface area contributed by atoms with E-state index in [0.29, 0.717) is 12.3 Å². The highest BCUT2D eigenvalue weighted by Gasteiger charge is 2.26. The Morgan fingerprint density at radius 3 is 2.73 bits per heavy atom. The lowest BCUT2D eigenvalue weighted by atomic mass is 9.95. The number of hydrogen-bond donors (Lipinski definition) is 0. The van der Waals surface area contributed by atoms with Gasteiger partial charge in [-0.25, -0.2) is 4.98 Å². The largest absolute Gasteiger partial charge is 0.343 e. The van der Waals surface area contributed by atoms with E-state index in [9.17, 15) is 4.79 Å². The van der Waals surface area contributed by atoms with Crippen molar-refractivity contribution in [2.24, 2.45) is 7.05 Å². The number of benzene rings is 1. The Labute approximate surface area is 153 Å². The van der Waals surface area contributed by atoms with E-state index < -0.39 is 0 Å². The minimum Gasteiger partial charge on any atom is -0.343 e. The molecule has 0 bridgehead atoms. The summed E-state index contributed by atoms with van der Waals surface area (Å²) in [5.41, 5.74) is 2.24. The van der Waals surface area contributed by atoms with Crippen LogP contribution >= 0.6 is 0 Å². The Balaban J connectivity index is 1.31. The Kier molecular flexibility index (Phi) is 4.73. The fraction of sp³-hybridized carbons (Fsp3) is 0.450. The van der Waals surface area contributed by atoms with Crippen LogP contribution in [0.1, 0.15) is 37.4 Å². The summed E-state index contributed by atoms with van der Waals surface area (Å²) in [6, 6.07) is 10.2. The van der Waals surface area contributed by atoms with E-state index in [1.54, 1.807) is 6.20 Å². The van der Waals surface area contributed by atoms with Gasteiger partial charge < -0.3 is 9.47 Å². The van der Waals surface area contributed by atoms with Crippen molar-refractivity contribution in [3.8, 4) is 0 Å². The topological polar surface area (TPSA) is 56.0 Å². The van der Waals surface area contributed by atoms with Gasteiger partial charge in [0.05, 0.1) is 11.0 Å². The zero-order valence-electron chi connectivity index (χ0n) is 15.2. The first-order valence-corrected chi connectivity index (χ1v) is 9.39. The standard InChI is InChI=1S/C20H25N5O/c1-23-18-7-3-2-6-17(18)22-20(23)16-9-14-24(15-10-16)19(26)8-4-12-25-13-5-11-21-25/h2-3,5-7,11,13,16H,4,8-10,12,14-15H2,1H3. The van der Waals surface area contributed by atoms with Crippen LogP contribution in [-0.2, 0) is 18.4 Å². The van der Waals surface area contributed by atoms with Crippen molar-refractivity contribution < 1.29 is 4.79 Å². The number of piperidine rings is 1. The molecule has 1 fully saturated rings. The lowest BCUT2D eigenvalue weighted by molar-refractivity contribution is -0.132. The van der Waals surface area contributed by atoms with Crippen LogP contribution in [0, 0.1) is 0 Å². The second-order valence-electron chi connectivity index (χ2n) is 7.05. The number of amides is 1. The predicted octanol–water partition coefficient (Wildman–Crippen LogP) is 2.96. The molecule has 0 atom stereocenters. The number of carbonyl (C=O) groups excluding carboxylic acids is 1. The number of aromatic nitrogens is 4. The lowest BCUT2D eigenvalue weighted by Gasteiger charge is -2.31. The number of rotatable bonds is 5. The van der Waals surface area contributed by atoms with Crippen LogP contribution in [0.25, 0.3) is 11.0 Å². The fourth-order valence-electron chi connectivity index (χ4n) is 3.90. The molecule has 26 heavy (non-hydrogen) atoms. The maximum Gasteiger partial charge on any atom is 0.222 e. The van der Waals surface area contributed by atoms with Crippen LogP contribution in [0.2, 0.25) is 0 Å². The zero-order chi connectivity index (χ0) is 17.9. The van der Waals surface area contributed by atoms with Gasteiger partial charge in [0.15, 0.2) is 0 Å². The molecule has 0 N–H and O–H groups in total. The quantitative estimate of drug-likeness (QED) is 0.710. The molecule has 1 saturated heterocycles. The number of aryl methyl sites for hydroxylation is 2. The van der Waals surface area contributed by atoms with Crippen LogP contribution in [0.3, 0.4) is 0 Å². The van der Waals surface area contributed by atoms with Gasteiger partial charge in [0.2, 0.25) is 5.91 Å². The van der Waals surface area contributed by atoms with Crippen molar-refractivity contribution in [2.75, 3.05) is 13.1 Å². The molecule has 0 unspecified atom stereocenters. The normalized spacial score (nSPS) is 15.7. The number of para-hydroxylation sites is 2. The number of likely N-dealkylation sites (tertiary alicyclic amines) is 1. The third-order valence-electron chi connectivity index (χ3n) is 5.37. The minimum atomic E-state index is 0.264. The zero-order valence-corrected chi connectivity index (χ0v) is 15.2. The van der Waals surface area contributed by atoms with Crippen molar-refractivity contribution in [1.82, 2.24) is 24.2 Å². The summed E-state index contributed by atoms with van der Waals surface area (Å²) < 4.78 is 4.09. The molecule has 1 amide bonds. The molecule has 2 aromatic heterocycles. The summed E-state index contributed by atoms with van der Waals surface area (Å²) in [4.78, 5) is 19.3. The number of nitrogens with zero attached hydrogens (tertiary/aromatic N) is 5. The summed E-state index contributed by atoms with van der Waals surface area (Å²) in [6.07, 6.45) is 7.12. The van der Waals surface area contributed by atoms with Gasteiger partial charge in [0.1, 0.15) is 5.82 Å². The van der Waals surface area contributed by atoms with E-state index in [1.165, 1.54) is 5.52 Å². The van der Waals surface area contributed by atoms with E-state index in [-0.39, 0.29) is 5.91 Å². The average Bonchev–Trinajstić information content (AvgIpc) is 3.30. The van der Waals surface area contributed by atoms with Crippen molar-refractivity contribution in [2.45, 2.75) is 38.1 Å². The van der Waals surface area contributed by atoms with Gasteiger partial charge in [0.25, 0.3) is 0 Å². The summed E-state index contributed by atoms with van der Waals surface area (Å²) >= 11 is 0. The predicted molar refractivity (Wildman–Crippen MR) is 101 cm³/mol. The molecule has 1 aromatic carbocycles. The Morgan fingerprint density at radius 2 is 2.00 bits per heavy atom. The molecule has 1 aliphatic rings. The van der Waals surface area contributed by atoms with Gasteiger partial charge in [-0.3, -0.25) is 9.48 Å². The van der Waals surface area contributed by atoms with E-state index in [2.05, 4.69) is 34.9 Å². The maximum absolute atomic E-state index is 12.5. The molecule has 1 aliphatic heterocycles. The smallest absolute Gasteiger partial charge is 0.222 e. The Bertz CT molecular complexity index is 875. The first-order chi connectivity index (χ1) is 12.7. The van der Waals surface area contributed by atoms with Gasteiger partial charge >= 0.3 is 0 Å². The maximum atomic E-state index is 12.5. The monoisotopic (exact) mass is 351 g/mol. The second kappa shape index (κ2) is 7.32. The van der Waals surface area contributed by atoms with Gasteiger partial charge in [-0.05, 0) is 37.5 Å². The Hall–Kier alpha value is -2.63. The third-order valence-corrected chi connectivity index (χ3v) is 5.37. The molecule has 0 spiro atoms. The van der Waals surface area contributed by atoms with Gasteiger partial charge in [-0.15, -0.1) is 0 Å². The average molecular weight is 351 g/mol. The molecular weight excluding hydrogens is 326 g/mol. The number of imidazole rings is 1. The van der Waals surface area contributed by atoms with Crippen LogP contribution in [0.4, 0.5) is 0 Å². The molecule has 3 heterocycles. The van der Waals surface area contributed by atoms with Gasteiger partial charge in [-0.2, -0.15) is 5.10 Å². The van der Waals surface area contributed by atoms with Crippen molar-refractivity contribution in [1.29, 1.82) is 0 Å². The van der Waals surface area contributed by atoms with E-state index in [1.807, 2.05) is 27.9 Å². The van der Waals surface area contributed by atoms with E-state index in [4.69, 9.17) is 4.98 Å². The molecule has 3 aromatic rings. The number of fused-ring (bicyclic) bond motifs is 1. The highest BCUT2D eigenvalue weighted by molar-refractivity contribution is 5.77. The number of hydrogen-bond acceptors (Lipinski definition) is 3. The molecule has 0 saturated carbocycles. The van der Waals surface area contributed by atoms with Gasteiger partial charge in [-0.1, -0.05) is 12.1 Å². The highest BCUT2D eigenvalue weighted by Crippen LogP contribution is 2.29. The lowest BCUT2D eigenvalue weighted by Crippen LogP contribution is -2.38. The molecule has 6 nitrogen and oxygen atoms in total. The molecule has 6 heteroatoms. The molecule has 136 valence electrons. The van der Waals surface area contributed by atoms with Crippen LogP contribution < -0.4 is 0 Å².